The van der Waals surface area contributed by atoms with Crippen LogP contribution in [-0.2, 0) is 0 Å². The van der Waals surface area contributed by atoms with E-state index in [0.717, 1.165) is 5.56 Å². The van der Waals surface area contributed by atoms with Crippen molar-refractivity contribution in [2.75, 3.05) is 5.32 Å². The largest absolute Gasteiger partial charge is 0.304 e. The minimum atomic E-state index is -0.448. The molecule has 116 valence electrons. The molecule has 2 aromatic heterocycles. The van der Waals surface area contributed by atoms with Crippen LogP contribution in [0.25, 0.3) is 5.69 Å². The molecule has 0 radical (unpaired) electrons. The zero-order valence-electron chi connectivity index (χ0n) is 12.6. The lowest BCUT2D eigenvalue weighted by Gasteiger charge is -2.04. The van der Waals surface area contributed by atoms with E-state index in [9.17, 15) is 9.18 Å². The lowest BCUT2D eigenvalue weighted by Crippen LogP contribution is -2.16. The van der Waals surface area contributed by atoms with E-state index in [2.05, 4.69) is 20.4 Å². The number of anilines is 1. The second-order valence-corrected chi connectivity index (χ2v) is 4.99. The Kier molecular flexibility index (Phi) is 3.84. The molecule has 0 saturated carbocycles. The van der Waals surface area contributed by atoms with Gasteiger partial charge in [0.15, 0.2) is 0 Å². The van der Waals surface area contributed by atoms with Gasteiger partial charge in [0.25, 0.3) is 5.91 Å². The number of benzene rings is 1. The summed E-state index contributed by atoms with van der Waals surface area (Å²) in [6.07, 6.45) is 1.60. The quantitative estimate of drug-likeness (QED) is 0.807. The predicted octanol–water partition coefficient (Wildman–Crippen LogP) is 2.67. The fourth-order valence-corrected chi connectivity index (χ4v) is 2.09. The van der Waals surface area contributed by atoms with Crippen molar-refractivity contribution in [3.05, 3.63) is 65.6 Å². The molecule has 0 unspecified atom stereocenters. The second kappa shape index (κ2) is 5.96. The van der Waals surface area contributed by atoms with Gasteiger partial charge < -0.3 is 5.32 Å². The first kappa shape index (κ1) is 14.8. The number of aromatic nitrogens is 4. The predicted molar refractivity (Wildman–Crippen MR) is 83.0 cm³/mol. The van der Waals surface area contributed by atoms with Gasteiger partial charge in [-0.25, -0.2) is 19.0 Å². The molecule has 0 aliphatic rings. The Balaban J connectivity index is 1.87. The van der Waals surface area contributed by atoms with Crippen LogP contribution in [0.5, 0.6) is 0 Å². The molecule has 0 fully saturated rings. The van der Waals surface area contributed by atoms with Crippen LogP contribution in [-0.4, -0.2) is 25.7 Å². The van der Waals surface area contributed by atoms with E-state index in [1.807, 2.05) is 13.0 Å². The van der Waals surface area contributed by atoms with Gasteiger partial charge in [-0.3, -0.25) is 4.79 Å². The van der Waals surface area contributed by atoms with Gasteiger partial charge >= 0.3 is 0 Å². The second-order valence-electron chi connectivity index (χ2n) is 4.99. The third-order valence-electron chi connectivity index (χ3n) is 3.28. The zero-order chi connectivity index (χ0) is 16.4. The highest BCUT2D eigenvalue weighted by Gasteiger charge is 2.16. The maximum atomic E-state index is 13.0. The maximum absolute atomic E-state index is 13.0. The van der Waals surface area contributed by atoms with Gasteiger partial charge in [-0.05, 0) is 49.7 Å². The van der Waals surface area contributed by atoms with Crippen molar-refractivity contribution in [3.8, 4) is 5.69 Å². The zero-order valence-corrected chi connectivity index (χ0v) is 12.6. The first-order valence-electron chi connectivity index (χ1n) is 6.97. The minimum absolute atomic E-state index is 0.0249. The Morgan fingerprint density at radius 2 is 1.91 bits per heavy atom. The summed E-state index contributed by atoms with van der Waals surface area (Å²) < 4.78 is 14.5. The first-order chi connectivity index (χ1) is 11.0. The fraction of sp³-hybridized carbons (Fsp3) is 0.125. The van der Waals surface area contributed by atoms with Gasteiger partial charge in [0.1, 0.15) is 17.5 Å². The van der Waals surface area contributed by atoms with Crippen molar-refractivity contribution >= 4 is 11.7 Å². The van der Waals surface area contributed by atoms with Crippen LogP contribution in [0.1, 0.15) is 22.0 Å². The van der Waals surface area contributed by atoms with Gasteiger partial charge in [0, 0.05) is 6.20 Å². The van der Waals surface area contributed by atoms with Crippen LogP contribution >= 0.6 is 0 Å². The molecular weight excluding hydrogens is 297 g/mol. The number of nitrogens with one attached hydrogen (secondary N) is 1. The van der Waals surface area contributed by atoms with Crippen LogP contribution < -0.4 is 5.32 Å². The SMILES string of the molecule is Cc1cccnc1NC(=O)c1nc(C)n(-c2ccc(F)cc2)n1. The van der Waals surface area contributed by atoms with Gasteiger partial charge in [0.2, 0.25) is 5.82 Å². The molecule has 3 rings (SSSR count). The number of nitrogens with zero attached hydrogens (tertiary/aromatic N) is 4. The lowest BCUT2D eigenvalue weighted by molar-refractivity contribution is 0.101. The van der Waals surface area contributed by atoms with E-state index in [1.54, 1.807) is 31.3 Å². The van der Waals surface area contributed by atoms with Gasteiger partial charge in [-0.2, -0.15) is 0 Å². The molecule has 1 N–H and O–H groups in total. The molecule has 0 spiro atoms. The Hall–Kier alpha value is -3.09. The first-order valence-corrected chi connectivity index (χ1v) is 6.97. The highest BCUT2D eigenvalue weighted by atomic mass is 19.1. The van der Waals surface area contributed by atoms with Crippen LogP contribution in [0.15, 0.2) is 42.6 Å². The summed E-state index contributed by atoms with van der Waals surface area (Å²) in [4.78, 5) is 20.5. The smallest absolute Gasteiger partial charge is 0.296 e. The van der Waals surface area contributed by atoms with E-state index < -0.39 is 5.91 Å². The molecule has 1 amide bonds. The lowest BCUT2D eigenvalue weighted by atomic mass is 10.3. The number of aryl methyl sites for hydroxylation is 2. The summed E-state index contributed by atoms with van der Waals surface area (Å²) >= 11 is 0. The number of hydrogen-bond acceptors (Lipinski definition) is 4. The average Bonchev–Trinajstić information content (AvgIpc) is 2.92. The maximum Gasteiger partial charge on any atom is 0.296 e. The molecule has 7 heteroatoms. The summed E-state index contributed by atoms with van der Waals surface area (Å²) in [6.45, 7) is 3.57. The topological polar surface area (TPSA) is 72.7 Å². The molecule has 2 heterocycles. The third-order valence-corrected chi connectivity index (χ3v) is 3.28. The normalized spacial score (nSPS) is 10.6. The van der Waals surface area contributed by atoms with E-state index >= 15 is 0 Å². The monoisotopic (exact) mass is 311 g/mol. The number of carbonyl (C=O) groups excluding carboxylic acids is 1. The number of amides is 1. The summed E-state index contributed by atoms with van der Waals surface area (Å²) in [5.41, 5.74) is 1.47. The summed E-state index contributed by atoms with van der Waals surface area (Å²) in [5, 5.41) is 6.86. The Morgan fingerprint density at radius 3 is 2.61 bits per heavy atom. The molecule has 0 aliphatic carbocycles. The molecule has 23 heavy (non-hydrogen) atoms. The minimum Gasteiger partial charge on any atom is -0.304 e. The van der Waals surface area contributed by atoms with Crippen molar-refractivity contribution < 1.29 is 9.18 Å². The van der Waals surface area contributed by atoms with Crippen molar-refractivity contribution in [2.24, 2.45) is 0 Å². The Labute approximate surface area is 132 Å². The third kappa shape index (κ3) is 3.08. The van der Waals surface area contributed by atoms with Crippen molar-refractivity contribution in [1.29, 1.82) is 0 Å². The van der Waals surface area contributed by atoms with Crippen LogP contribution in [0.2, 0.25) is 0 Å². The molecule has 6 nitrogen and oxygen atoms in total. The van der Waals surface area contributed by atoms with E-state index in [0.29, 0.717) is 17.3 Å². The summed E-state index contributed by atoms with van der Waals surface area (Å²) in [7, 11) is 0. The number of pyridine rings is 1. The molecule has 1 aromatic carbocycles. The number of carbonyl (C=O) groups is 1. The number of rotatable bonds is 3. The number of hydrogen-bond donors (Lipinski definition) is 1. The Bertz CT molecular complexity index is 857. The van der Waals surface area contributed by atoms with Crippen LogP contribution in [0.4, 0.5) is 10.2 Å². The standard InChI is InChI=1S/C16H14FN5O/c1-10-4-3-9-18-14(10)20-16(23)15-19-11(2)22(21-15)13-7-5-12(17)6-8-13/h3-9H,1-2H3,(H,18,20,23). The molecule has 0 saturated heterocycles. The van der Waals surface area contributed by atoms with Gasteiger partial charge in [0.05, 0.1) is 5.69 Å². The van der Waals surface area contributed by atoms with E-state index in [4.69, 9.17) is 0 Å². The number of halogens is 1. The van der Waals surface area contributed by atoms with Crippen molar-refractivity contribution in [3.63, 3.8) is 0 Å². The molecule has 0 bridgehead atoms. The van der Waals surface area contributed by atoms with Crippen LogP contribution in [0, 0.1) is 19.7 Å². The Morgan fingerprint density at radius 1 is 1.17 bits per heavy atom. The van der Waals surface area contributed by atoms with Gasteiger partial charge in [-0.15, -0.1) is 5.10 Å². The molecular formula is C16H14FN5O. The highest BCUT2D eigenvalue weighted by molar-refractivity contribution is 6.01. The fourth-order valence-electron chi connectivity index (χ4n) is 2.09. The molecule has 0 aliphatic heterocycles. The highest BCUT2D eigenvalue weighted by Crippen LogP contribution is 2.13. The average molecular weight is 311 g/mol. The molecule has 3 aromatic rings. The van der Waals surface area contributed by atoms with E-state index in [-0.39, 0.29) is 11.6 Å². The summed E-state index contributed by atoms with van der Waals surface area (Å²) in [5.74, 6) is 0.232. The van der Waals surface area contributed by atoms with Gasteiger partial charge in [-0.1, -0.05) is 6.07 Å². The van der Waals surface area contributed by atoms with E-state index in [1.165, 1.54) is 16.8 Å². The molecule has 0 atom stereocenters. The van der Waals surface area contributed by atoms with Crippen molar-refractivity contribution in [2.45, 2.75) is 13.8 Å². The van der Waals surface area contributed by atoms with Crippen LogP contribution in [0.3, 0.4) is 0 Å². The van der Waals surface area contributed by atoms with Crippen molar-refractivity contribution in [1.82, 2.24) is 19.7 Å². The summed E-state index contributed by atoms with van der Waals surface area (Å²) in [6, 6.07) is 9.43.